The maximum Gasteiger partial charge on any atom is 0.435 e. The molecule has 0 amide bonds. The lowest BCUT2D eigenvalue weighted by molar-refractivity contribution is -0.144. The third kappa shape index (κ3) is 3.69. The molecule has 1 atom stereocenters. The van der Waals surface area contributed by atoms with Crippen LogP contribution in [0.1, 0.15) is 31.5 Å². The molecule has 0 aliphatic heterocycles. The normalized spacial score (nSPS) is 12.9. The lowest BCUT2D eigenvalue weighted by Crippen LogP contribution is -2.20. The molecule has 2 rings (SSSR count). The van der Waals surface area contributed by atoms with Crippen molar-refractivity contribution in [3.05, 3.63) is 36.2 Å². The highest BCUT2D eigenvalue weighted by Gasteiger charge is 2.38. The first-order valence-corrected chi connectivity index (χ1v) is 7.31. The number of carbonyl (C=O) groups is 1. The summed E-state index contributed by atoms with van der Waals surface area (Å²) in [5.74, 6) is -0.705. The van der Waals surface area contributed by atoms with E-state index in [1.165, 1.54) is 31.4 Å². The van der Waals surface area contributed by atoms with Gasteiger partial charge in [0.05, 0.1) is 7.11 Å². The van der Waals surface area contributed by atoms with Crippen LogP contribution in [0.3, 0.4) is 0 Å². The fraction of sp³-hybridized carbons (Fsp3) is 0.375. The van der Waals surface area contributed by atoms with Gasteiger partial charge in [0, 0.05) is 11.8 Å². The van der Waals surface area contributed by atoms with Gasteiger partial charge in [0.2, 0.25) is 0 Å². The highest BCUT2D eigenvalue weighted by molar-refractivity contribution is 5.73. The summed E-state index contributed by atoms with van der Waals surface area (Å²) >= 11 is 0. The van der Waals surface area contributed by atoms with Gasteiger partial charge in [0.1, 0.15) is 11.8 Å². The summed E-state index contributed by atoms with van der Waals surface area (Å²) in [4.78, 5) is 11.3. The molecule has 130 valence electrons. The molecule has 5 nitrogen and oxygen atoms in total. The minimum Gasteiger partial charge on any atom is -0.497 e. The van der Waals surface area contributed by atoms with Crippen LogP contribution < -0.4 is 4.74 Å². The molecule has 1 aromatic heterocycles. The van der Waals surface area contributed by atoms with Crippen molar-refractivity contribution < 1.29 is 27.8 Å². The number of aliphatic carboxylic acids is 1. The van der Waals surface area contributed by atoms with Gasteiger partial charge in [-0.25, -0.2) is 4.79 Å². The molecule has 0 aliphatic rings. The van der Waals surface area contributed by atoms with Crippen molar-refractivity contribution in [1.29, 1.82) is 0 Å². The summed E-state index contributed by atoms with van der Waals surface area (Å²) in [7, 11) is 1.45. The second kappa shape index (κ2) is 6.94. The van der Waals surface area contributed by atoms with E-state index in [0.29, 0.717) is 12.2 Å². The number of methoxy groups -OCH3 is 1. The van der Waals surface area contributed by atoms with Gasteiger partial charge in [-0.1, -0.05) is 25.5 Å². The van der Waals surface area contributed by atoms with Crippen molar-refractivity contribution in [2.24, 2.45) is 0 Å². The Bertz CT molecular complexity index is 708. The number of aromatic nitrogens is 2. The topological polar surface area (TPSA) is 64.3 Å². The minimum atomic E-state index is -4.68. The molecule has 8 heteroatoms. The van der Waals surface area contributed by atoms with E-state index in [2.05, 4.69) is 5.10 Å². The first-order valence-electron chi connectivity index (χ1n) is 7.31. The molecule has 24 heavy (non-hydrogen) atoms. The SMILES string of the molecule is CCCC(C(=O)O)n1cc(-c2ccc(OC)cc2)c(C(F)(F)F)n1. The van der Waals surface area contributed by atoms with E-state index < -0.39 is 23.9 Å². The number of alkyl halides is 3. The van der Waals surface area contributed by atoms with Crippen LogP contribution in [0, 0.1) is 0 Å². The number of carboxylic acids is 1. The van der Waals surface area contributed by atoms with Gasteiger partial charge < -0.3 is 9.84 Å². The van der Waals surface area contributed by atoms with E-state index in [9.17, 15) is 23.1 Å². The molecular formula is C16H17F3N2O3. The quantitative estimate of drug-likeness (QED) is 0.862. The number of halogens is 3. The minimum absolute atomic E-state index is 0.160. The fourth-order valence-corrected chi connectivity index (χ4v) is 2.38. The number of rotatable bonds is 6. The zero-order valence-electron chi connectivity index (χ0n) is 13.2. The maximum absolute atomic E-state index is 13.3. The third-order valence-electron chi connectivity index (χ3n) is 3.57. The predicted octanol–water partition coefficient (Wildman–Crippen LogP) is 4.00. The molecule has 0 aliphatic carbocycles. The largest absolute Gasteiger partial charge is 0.497 e. The number of hydrogen-bond donors (Lipinski definition) is 1. The smallest absolute Gasteiger partial charge is 0.435 e. The zero-order chi connectivity index (χ0) is 17.9. The van der Waals surface area contributed by atoms with Gasteiger partial charge in [-0.15, -0.1) is 0 Å². The molecular weight excluding hydrogens is 325 g/mol. The van der Waals surface area contributed by atoms with Crippen molar-refractivity contribution >= 4 is 5.97 Å². The van der Waals surface area contributed by atoms with E-state index in [1.807, 2.05) is 0 Å². The number of nitrogens with zero attached hydrogens (tertiary/aromatic N) is 2. The van der Waals surface area contributed by atoms with Crippen molar-refractivity contribution in [2.45, 2.75) is 32.0 Å². The second-order valence-corrected chi connectivity index (χ2v) is 5.24. The summed E-state index contributed by atoms with van der Waals surface area (Å²) in [6.07, 6.45) is -2.85. The van der Waals surface area contributed by atoms with E-state index in [-0.39, 0.29) is 17.5 Å². The number of hydrogen-bond acceptors (Lipinski definition) is 3. The van der Waals surface area contributed by atoms with Crippen molar-refractivity contribution in [1.82, 2.24) is 9.78 Å². The highest BCUT2D eigenvalue weighted by Crippen LogP contribution is 2.37. The van der Waals surface area contributed by atoms with Crippen LogP contribution in [0.25, 0.3) is 11.1 Å². The van der Waals surface area contributed by atoms with Crippen molar-refractivity contribution in [3.63, 3.8) is 0 Å². The van der Waals surface area contributed by atoms with Gasteiger partial charge in [-0.3, -0.25) is 4.68 Å². The molecule has 1 unspecified atom stereocenters. The third-order valence-corrected chi connectivity index (χ3v) is 3.57. The average Bonchev–Trinajstić information content (AvgIpc) is 2.97. The summed E-state index contributed by atoms with van der Waals surface area (Å²) in [5, 5.41) is 12.8. The highest BCUT2D eigenvalue weighted by atomic mass is 19.4. The lowest BCUT2D eigenvalue weighted by Gasteiger charge is -2.11. The molecule has 2 aromatic rings. The van der Waals surface area contributed by atoms with E-state index in [4.69, 9.17) is 4.74 Å². The second-order valence-electron chi connectivity index (χ2n) is 5.24. The van der Waals surface area contributed by atoms with Crippen LogP contribution in [-0.2, 0) is 11.0 Å². The molecule has 0 fully saturated rings. The molecule has 1 heterocycles. The lowest BCUT2D eigenvalue weighted by atomic mass is 10.1. The molecule has 0 saturated carbocycles. The first-order chi connectivity index (χ1) is 11.3. The predicted molar refractivity (Wildman–Crippen MR) is 80.8 cm³/mol. The molecule has 0 radical (unpaired) electrons. The van der Waals surface area contributed by atoms with Gasteiger partial charge in [-0.05, 0) is 24.1 Å². The first kappa shape index (κ1) is 17.8. The van der Waals surface area contributed by atoms with Gasteiger partial charge >= 0.3 is 12.1 Å². The van der Waals surface area contributed by atoms with Gasteiger partial charge in [-0.2, -0.15) is 18.3 Å². The van der Waals surface area contributed by atoms with Crippen LogP contribution in [0.4, 0.5) is 13.2 Å². The van der Waals surface area contributed by atoms with Crippen molar-refractivity contribution in [2.75, 3.05) is 7.11 Å². The summed E-state index contributed by atoms with van der Waals surface area (Å²) < 4.78 is 45.8. The Balaban J connectivity index is 2.54. The zero-order valence-corrected chi connectivity index (χ0v) is 13.2. The molecule has 0 bridgehead atoms. The van der Waals surface area contributed by atoms with Gasteiger partial charge in [0.15, 0.2) is 5.69 Å². The summed E-state index contributed by atoms with van der Waals surface area (Å²) in [5.41, 5.74) is -0.975. The standard InChI is InChI=1S/C16H17F3N2O3/c1-3-4-13(15(22)23)21-9-12(14(20-21)16(17,18)19)10-5-7-11(24-2)8-6-10/h5-9,13H,3-4H2,1-2H3,(H,22,23). The van der Waals surface area contributed by atoms with Crippen LogP contribution in [0.5, 0.6) is 5.75 Å². The van der Waals surface area contributed by atoms with E-state index in [1.54, 1.807) is 6.92 Å². The Kier molecular flexibility index (Phi) is 5.16. The Morgan fingerprint density at radius 3 is 2.42 bits per heavy atom. The summed E-state index contributed by atoms with van der Waals surface area (Å²) in [6.45, 7) is 1.76. The number of carboxylic acid groups (broad SMARTS) is 1. The average molecular weight is 342 g/mol. The molecule has 1 N–H and O–H groups in total. The Labute approximate surface area is 136 Å². The Morgan fingerprint density at radius 1 is 1.33 bits per heavy atom. The summed E-state index contributed by atoms with van der Waals surface area (Å²) in [6, 6.07) is 4.89. The Hall–Kier alpha value is -2.51. The van der Waals surface area contributed by atoms with Crippen LogP contribution in [-0.4, -0.2) is 28.0 Å². The van der Waals surface area contributed by atoms with E-state index >= 15 is 0 Å². The molecule has 0 spiro atoms. The van der Waals surface area contributed by atoms with Crippen molar-refractivity contribution in [3.8, 4) is 16.9 Å². The monoisotopic (exact) mass is 342 g/mol. The maximum atomic E-state index is 13.3. The van der Waals surface area contributed by atoms with Crippen LogP contribution in [0.15, 0.2) is 30.5 Å². The van der Waals surface area contributed by atoms with Crippen LogP contribution >= 0.6 is 0 Å². The fourth-order valence-electron chi connectivity index (χ4n) is 2.38. The van der Waals surface area contributed by atoms with E-state index in [0.717, 1.165) is 10.9 Å². The Morgan fingerprint density at radius 2 is 1.96 bits per heavy atom. The van der Waals surface area contributed by atoms with Gasteiger partial charge in [0.25, 0.3) is 0 Å². The number of ether oxygens (including phenoxy) is 1. The van der Waals surface area contributed by atoms with Crippen LogP contribution in [0.2, 0.25) is 0 Å². The molecule has 1 aromatic carbocycles. The molecule has 0 saturated heterocycles. The number of benzene rings is 1.